The highest BCUT2D eigenvalue weighted by Gasteiger charge is 2.18. The van der Waals surface area contributed by atoms with E-state index in [9.17, 15) is 13.9 Å². The number of aliphatic hydroxyl groups is 1. The van der Waals surface area contributed by atoms with Gasteiger partial charge in [0.2, 0.25) is 0 Å². The molecule has 0 aliphatic rings. The lowest BCUT2D eigenvalue weighted by Gasteiger charge is -2.12. The maximum Gasteiger partial charge on any atom is 0.321 e. The molecule has 7 heteroatoms. The Balaban J connectivity index is 2.03. The summed E-state index contributed by atoms with van der Waals surface area (Å²) in [6, 6.07) is 3.52. The van der Waals surface area contributed by atoms with Gasteiger partial charge in [-0.05, 0) is 12.1 Å². The molecule has 0 fully saturated rings. The average molecular weight is 283 g/mol. The molecule has 2 rings (SSSR count). The molecule has 1 unspecified atom stereocenters. The van der Waals surface area contributed by atoms with E-state index >= 15 is 0 Å². The Morgan fingerprint density at radius 2 is 1.95 bits per heavy atom. The third-order valence-electron chi connectivity index (χ3n) is 2.74. The highest BCUT2D eigenvalue weighted by molar-refractivity contribution is 5.25. The molecule has 0 saturated carbocycles. The molecule has 0 aliphatic heterocycles. The fourth-order valence-electron chi connectivity index (χ4n) is 1.66. The largest absolute Gasteiger partial charge is 0.386 e. The minimum Gasteiger partial charge on any atom is -0.386 e. The molecule has 20 heavy (non-hydrogen) atoms. The van der Waals surface area contributed by atoms with E-state index in [0.717, 1.165) is 12.1 Å². The molecule has 1 atom stereocenters. The summed E-state index contributed by atoms with van der Waals surface area (Å²) in [7, 11) is 0. The van der Waals surface area contributed by atoms with Crippen molar-refractivity contribution in [2.24, 2.45) is 0 Å². The average Bonchev–Trinajstić information content (AvgIpc) is 2.85. The number of hydrogen-bond donors (Lipinski definition) is 2. The fourth-order valence-corrected chi connectivity index (χ4v) is 1.66. The lowest BCUT2D eigenvalue weighted by atomic mass is 10.1. The number of hydrogen-bond acceptors (Lipinski definition) is 5. The van der Waals surface area contributed by atoms with Gasteiger partial charge in [0.25, 0.3) is 0 Å². The molecule has 0 aliphatic carbocycles. The van der Waals surface area contributed by atoms with E-state index in [1.807, 2.05) is 13.8 Å². The SMILES string of the molecule is CC(C)c1noc(NCC(O)c2c(F)cccc2F)n1. The van der Waals surface area contributed by atoms with E-state index in [-0.39, 0.29) is 24.0 Å². The smallest absolute Gasteiger partial charge is 0.321 e. The van der Waals surface area contributed by atoms with Crippen LogP contribution in [0.15, 0.2) is 22.7 Å². The van der Waals surface area contributed by atoms with Gasteiger partial charge < -0.3 is 14.9 Å². The predicted molar refractivity (Wildman–Crippen MR) is 68.2 cm³/mol. The Labute approximate surface area is 114 Å². The van der Waals surface area contributed by atoms with Gasteiger partial charge in [-0.25, -0.2) is 8.78 Å². The third-order valence-corrected chi connectivity index (χ3v) is 2.74. The molecule has 0 spiro atoms. The maximum atomic E-state index is 13.5. The van der Waals surface area contributed by atoms with Gasteiger partial charge in [0.1, 0.15) is 17.7 Å². The van der Waals surface area contributed by atoms with Crippen LogP contribution in [-0.2, 0) is 0 Å². The second-order valence-electron chi connectivity index (χ2n) is 4.64. The highest BCUT2D eigenvalue weighted by atomic mass is 19.1. The topological polar surface area (TPSA) is 71.2 Å². The first-order valence-corrected chi connectivity index (χ1v) is 6.18. The normalized spacial score (nSPS) is 12.7. The van der Waals surface area contributed by atoms with Crippen molar-refractivity contribution >= 4 is 6.01 Å². The van der Waals surface area contributed by atoms with E-state index in [1.54, 1.807) is 0 Å². The number of nitrogens with zero attached hydrogens (tertiary/aromatic N) is 2. The van der Waals surface area contributed by atoms with Gasteiger partial charge in [-0.3, -0.25) is 0 Å². The minimum atomic E-state index is -1.36. The molecule has 108 valence electrons. The van der Waals surface area contributed by atoms with Crippen LogP contribution < -0.4 is 5.32 Å². The number of aromatic nitrogens is 2. The summed E-state index contributed by atoms with van der Waals surface area (Å²) >= 11 is 0. The van der Waals surface area contributed by atoms with Crippen molar-refractivity contribution in [2.45, 2.75) is 25.9 Å². The fraction of sp³-hybridized carbons (Fsp3) is 0.385. The van der Waals surface area contributed by atoms with Gasteiger partial charge in [-0.15, -0.1) is 0 Å². The maximum absolute atomic E-state index is 13.5. The van der Waals surface area contributed by atoms with Crippen molar-refractivity contribution < 1.29 is 18.4 Å². The number of halogens is 2. The lowest BCUT2D eigenvalue weighted by Crippen LogP contribution is -2.15. The zero-order valence-electron chi connectivity index (χ0n) is 11.1. The molecular formula is C13H15F2N3O2. The van der Waals surface area contributed by atoms with Crippen LogP contribution in [0.4, 0.5) is 14.8 Å². The second-order valence-corrected chi connectivity index (χ2v) is 4.64. The molecule has 0 amide bonds. The molecule has 0 bridgehead atoms. The molecular weight excluding hydrogens is 268 g/mol. The zero-order valence-corrected chi connectivity index (χ0v) is 11.1. The first-order chi connectivity index (χ1) is 9.49. The summed E-state index contributed by atoms with van der Waals surface area (Å²) < 4.78 is 31.8. The van der Waals surface area contributed by atoms with E-state index in [4.69, 9.17) is 4.52 Å². The summed E-state index contributed by atoms with van der Waals surface area (Å²) in [6.07, 6.45) is -1.36. The van der Waals surface area contributed by atoms with Crippen LogP contribution in [0, 0.1) is 11.6 Å². The molecule has 1 heterocycles. The number of rotatable bonds is 5. The van der Waals surface area contributed by atoms with Gasteiger partial charge in [0, 0.05) is 12.5 Å². The molecule has 2 aromatic rings. The van der Waals surface area contributed by atoms with Crippen LogP contribution in [-0.4, -0.2) is 21.8 Å². The lowest BCUT2D eigenvalue weighted by molar-refractivity contribution is 0.180. The van der Waals surface area contributed by atoms with Crippen molar-refractivity contribution in [2.75, 3.05) is 11.9 Å². The van der Waals surface area contributed by atoms with E-state index < -0.39 is 17.7 Å². The van der Waals surface area contributed by atoms with Gasteiger partial charge in [-0.2, -0.15) is 4.98 Å². The van der Waals surface area contributed by atoms with Crippen molar-refractivity contribution in [3.8, 4) is 0 Å². The summed E-state index contributed by atoms with van der Waals surface area (Å²) in [5, 5.41) is 16.2. The summed E-state index contributed by atoms with van der Waals surface area (Å²) in [5.74, 6) is -0.984. The third kappa shape index (κ3) is 3.11. The van der Waals surface area contributed by atoms with E-state index in [0.29, 0.717) is 5.82 Å². The van der Waals surface area contributed by atoms with Gasteiger partial charge in [0.05, 0.1) is 5.56 Å². The highest BCUT2D eigenvalue weighted by Crippen LogP contribution is 2.21. The van der Waals surface area contributed by atoms with Crippen LogP contribution in [0.5, 0.6) is 0 Å². The number of aliphatic hydroxyl groups excluding tert-OH is 1. The standard InChI is InChI=1S/C13H15F2N3O2/c1-7(2)12-17-13(20-18-12)16-6-10(19)11-8(14)4-3-5-9(11)15/h3-5,7,10,19H,6H2,1-2H3,(H,16,17,18). The van der Waals surface area contributed by atoms with Gasteiger partial charge in [0.15, 0.2) is 5.82 Å². The van der Waals surface area contributed by atoms with Crippen LogP contribution in [0.3, 0.4) is 0 Å². The Hall–Kier alpha value is -2.02. The second kappa shape index (κ2) is 5.96. The van der Waals surface area contributed by atoms with Crippen LogP contribution in [0.1, 0.15) is 37.3 Å². The quantitative estimate of drug-likeness (QED) is 0.882. The Morgan fingerprint density at radius 1 is 1.30 bits per heavy atom. The van der Waals surface area contributed by atoms with Crippen LogP contribution in [0.25, 0.3) is 0 Å². The van der Waals surface area contributed by atoms with E-state index in [2.05, 4.69) is 15.5 Å². The molecule has 0 radical (unpaired) electrons. The number of nitrogens with one attached hydrogen (secondary N) is 1. The van der Waals surface area contributed by atoms with Crippen molar-refractivity contribution in [3.05, 3.63) is 41.2 Å². The van der Waals surface area contributed by atoms with Crippen molar-refractivity contribution in [3.63, 3.8) is 0 Å². The Bertz CT molecular complexity index is 566. The molecule has 5 nitrogen and oxygen atoms in total. The molecule has 1 aromatic heterocycles. The summed E-state index contributed by atoms with van der Waals surface area (Å²) in [5.41, 5.74) is -0.386. The molecule has 0 saturated heterocycles. The first kappa shape index (κ1) is 14.4. The summed E-state index contributed by atoms with van der Waals surface area (Å²) in [6.45, 7) is 3.66. The van der Waals surface area contributed by atoms with Crippen molar-refractivity contribution in [1.82, 2.24) is 10.1 Å². The Morgan fingerprint density at radius 3 is 2.50 bits per heavy atom. The van der Waals surface area contributed by atoms with Gasteiger partial charge in [-0.1, -0.05) is 25.1 Å². The van der Waals surface area contributed by atoms with Crippen molar-refractivity contribution in [1.29, 1.82) is 0 Å². The monoisotopic (exact) mass is 283 g/mol. The minimum absolute atomic E-state index is 0.100. The van der Waals surface area contributed by atoms with Crippen LogP contribution >= 0.6 is 0 Å². The first-order valence-electron chi connectivity index (χ1n) is 6.18. The number of anilines is 1. The summed E-state index contributed by atoms with van der Waals surface area (Å²) in [4.78, 5) is 4.03. The number of benzene rings is 1. The zero-order chi connectivity index (χ0) is 14.7. The Kier molecular flexibility index (Phi) is 4.29. The van der Waals surface area contributed by atoms with Gasteiger partial charge >= 0.3 is 6.01 Å². The molecule has 2 N–H and O–H groups in total. The molecule has 1 aromatic carbocycles. The van der Waals surface area contributed by atoms with Crippen LogP contribution in [0.2, 0.25) is 0 Å². The predicted octanol–water partition coefficient (Wildman–Crippen LogP) is 2.62. The van der Waals surface area contributed by atoms with E-state index in [1.165, 1.54) is 6.07 Å².